The molecule has 1 fully saturated rings. The van der Waals surface area contributed by atoms with Crippen LogP contribution in [0.3, 0.4) is 0 Å². The van der Waals surface area contributed by atoms with Gasteiger partial charge in [-0.25, -0.2) is 4.98 Å². The van der Waals surface area contributed by atoms with Crippen LogP contribution in [-0.2, 0) is 0 Å². The van der Waals surface area contributed by atoms with Gasteiger partial charge in [-0.1, -0.05) is 59.1 Å². The minimum Gasteiger partial charge on any atom is -0.299 e. The van der Waals surface area contributed by atoms with Crippen LogP contribution in [0.4, 0.5) is 0 Å². The first-order valence-electron chi connectivity index (χ1n) is 9.59. The van der Waals surface area contributed by atoms with Crippen LogP contribution in [0.25, 0.3) is 0 Å². The molecule has 1 saturated heterocycles. The summed E-state index contributed by atoms with van der Waals surface area (Å²) in [7, 11) is 0.433. The van der Waals surface area contributed by atoms with E-state index in [2.05, 4.69) is 76.0 Å². The van der Waals surface area contributed by atoms with Crippen molar-refractivity contribution >= 4 is 19.7 Å². The Bertz CT molecular complexity index is 636. The van der Waals surface area contributed by atoms with Gasteiger partial charge in [0.15, 0.2) is 0 Å². The Hall–Kier alpha value is -0.823. The summed E-state index contributed by atoms with van der Waals surface area (Å²) in [6.45, 7) is 15.2. The number of hydrogen-bond acceptors (Lipinski definition) is 2. The zero-order chi connectivity index (χ0) is 18.8. The largest absolute Gasteiger partial charge is 0.299 e. The summed E-state index contributed by atoms with van der Waals surface area (Å²) in [5, 5.41) is 0.538. The van der Waals surface area contributed by atoms with Gasteiger partial charge in [-0.2, -0.15) is 0 Å². The van der Waals surface area contributed by atoms with Crippen LogP contribution in [0, 0.1) is 11.5 Å². The van der Waals surface area contributed by atoms with Crippen molar-refractivity contribution in [3.05, 3.63) is 28.5 Å². The lowest BCUT2D eigenvalue weighted by atomic mass is 10.1. The molecule has 1 aromatic rings. The van der Waals surface area contributed by atoms with Gasteiger partial charge < -0.3 is 0 Å². The van der Waals surface area contributed by atoms with Crippen LogP contribution in [0.1, 0.15) is 71.6 Å². The molecule has 138 valence electrons. The van der Waals surface area contributed by atoms with Gasteiger partial charge in [0.2, 0.25) is 0 Å². The lowest BCUT2D eigenvalue weighted by molar-refractivity contribution is 0.317. The zero-order valence-electron chi connectivity index (χ0n) is 16.9. The summed E-state index contributed by atoms with van der Waals surface area (Å²) in [5.41, 5.74) is 7.78. The summed E-state index contributed by atoms with van der Waals surface area (Å²) in [6.07, 6.45) is 4.36. The molecule has 2 rings (SSSR count). The molecule has 0 spiro atoms. The van der Waals surface area contributed by atoms with E-state index >= 15 is 0 Å². The molecular formula is C21H33ClN2Si. The van der Waals surface area contributed by atoms with Crippen molar-refractivity contribution in [3.8, 4) is 11.5 Å². The standard InChI is InChI=1S/C21H33ClN2Si/c1-15(2)25(16(3)4,17(5)6)12-10-18-13-19(14-23-21(18)22)20-9-8-11-24(20)7/h13-17,20H,8-9,11H2,1-7H3. The molecule has 0 radical (unpaired) electrons. The van der Waals surface area contributed by atoms with Crippen LogP contribution in [0.5, 0.6) is 0 Å². The van der Waals surface area contributed by atoms with Gasteiger partial charge in [-0.3, -0.25) is 4.90 Å². The van der Waals surface area contributed by atoms with Crippen LogP contribution in [0.15, 0.2) is 12.3 Å². The van der Waals surface area contributed by atoms with Crippen LogP contribution in [0.2, 0.25) is 21.8 Å². The Morgan fingerprint density at radius 1 is 1.16 bits per heavy atom. The van der Waals surface area contributed by atoms with Gasteiger partial charge >= 0.3 is 0 Å². The van der Waals surface area contributed by atoms with E-state index in [9.17, 15) is 0 Å². The van der Waals surface area contributed by atoms with Gasteiger partial charge in [-0.15, -0.1) is 5.54 Å². The molecule has 1 atom stereocenters. The van der Waals surface area contributed by atoms with Crippen molar-refractivity contribution < 1.29 is 0 Å². The predicted molar refractivity (Wildman–Crippen MR) is 112 cm³/mol. The van der Waals surface area contributed by atoms with Crippen molar-refractivity contribution in [3.63, 3.8) is 0 Å². The Morgan fingerprint density at radius 2 is 1.76 bits per heavy atom. The normalized spacial score (nSPS) is 18.9. The number of aromatic nitrogens is 1. The second kappa shape index (κ2) is 8.25. The maximum atomic E-state index is 6.40. The summed E-state index contributed by atoms with van der Waals surface area (Å²) in [6, 6.07) is 2.63. The van der Waals surface area contributed by atoms with Crippen molar-refractivity contribution in [2.45, 2.75) is 77.0 Å². The highest BCUT2D eigenvalue weighted by Crippen LogP contribution is 2.41. The van der Waals surface area contributed by atoms with Crippen molar-refractivity contribution in [2.75, 3.05) is 13.6 Å². The minimum absolute atomic E-state index is 0.451. The molecule has 0 bridgehead atoms. The second-order valence-electron chi connectivity index (χ2n) is 8.39. The topological polar surface area (TPSA) is 16.1 Å². The minimum atomic E-state index is -1.75. The number of likely N-dealkylation sites (tertiary alicyclic amines) is 1. The van der Waals surface area contributed by atoms with Crippen LogP contribution >= 0.6 is 11.6 Å². The first-order chi connectivity index (χ1) is 11.7. The Kier molecular flexibility index (Phi) is 6.76. The fourth-order valence-electron chi connectivity index (χ4n) is 4.67. The second-order valence-corrected chi connectivity index (χ2v) is 14.3. The summed E-state index contributed by atoms with van der Waals surface area (Å²) >= 11 is 6.40. The van der Waals surface area contributed by atoms with E-state index in [1.807, 2.05) is 6.20 Å². The highest BCUT2D eigenvalue weighted by Gasteiger charge is 2.41. The molecular weight excluding hydrogens is 344 g/mol. The smallest absolute Gasteiger partial charge is 0.146 e. The molecule has 4 heteroatoms. The van der Waals surface area contributed by atoms with Crippen molar-refractivity contribution in [1.82, 2.24) is 9.88 Å². The number of rotatable bonds is 4. The Balaban J connectivity index is 2.44. The maximum Gasteiger partial charge on any atom is 0.146 e. The molecule has 2 heterocycles. The van der Waals surface area contributed by atoms with E-state index in [0.29, 0.717) is 27.8 Å². The number of halogens is 1. The third-order valence-corrected chi connectivity index (χ3v) is 12.6. The maximum absolute atomic E-state index is 6.40. The average molecular weight is 377 g/mol. The molecule has 1 aliphatic heterocycles. The predicted octanol–water partition coefficient (Wildman–Crippen LogP) is 6.07. The zero-order valence-corrected chi connectivity index (χ0v) is 18.6. The summed E-state index contributed by atoms with van der Waals surface area (Å²) < 4.78 is 0. The van der Waals surface area contributed by atoms with Crippen molar-refractivity contribution in [2.24, 2.45) is 0 Å². The average Bonchev–Trinajstić information content (AvgIpc) is 2.94. The fraction of sp³-hybridized carbons (Fsp3) is 0.667. The van der Waals surface area contributed by atoms with Gasteiger partial charge in [0.1, 0.15) is 13.2 Å². The third kappa shape index (κ3) is 4.13. The highest BCUT2D eigenvalue weighted by atomic mass is 35.5. The number of nitrogens with zero attached hydrogens (tertiary/aromatic N) is 2. The van der Waals surface area contributed by atoms with E-state index in [0.717, 1.165) is 12.1 Å². The molecule has 0 amide bonds. The van der Waals surface area contributed by atoms with E-state index in [1.165, 1.54) is 18.4 Å². The lowest BCUT2D eigenvalue weighted by Gasteiger charge is -2.38. The van der Waals surface area contributed by atoms with Crippen LogP contribution in [-0.4, -0.2) is 31.6 Å². The molecule has 0 aliphatic carbocycles. The van der Waals surface area contributed by atoms with Gasteiger partial charge in [0.05, 0.1) is 5.56 Å². The first-order valence-corrected chi connectivity index (χ1v) is 12.2. The molecule has 1 aromatic heterocycles. The van der Waals surface area contributed by atoms with Gasteiger partial charge in [-0.05, 0) is 54.7 Å². The molecule has 1 unspecified atom stereocenters. The molecule has 1 aliphatic rings. The van der Waals surface area contributed by atoms with E-state index < -0.39 is 8.07 Å². The first kappa shape index (κ1) is 20.5. The Labute approximate surface area is 160 Å². The third-order valence-electron chi connectivity index (χ3n) is 6.05. The number of hydrogen-bond donors (Lipinski definition) is 0. The molecule has 0 N–H and O–H groups in total. The van der Waals surface area contributed by atoms with E-state index in [4.69, 9.17) is 11.6 Å². The quantitative estimate of drug-likeness (QED) is 0.360. The molecule has 25 heavy (non-hydrogen) atoms. The molecule has 2 nitrogen and oxygen atoms in total. The summed E-state index contributed by atoms with van der Waals surface area (Å²) in [4.78, 5) is 6.85. The van der Waals surface area contributed by atoms with E-state index in [1.54, 1.807) is 0 Å². The van der Waals surface area contributed by atoms with Gasteiger partial charge in [0, 0.05) is 12.2 Å². The SMILES string of the molecule is CC(C)[Si](C#Cc1cc(C2CCCN2C)cnc1Cl)(C(C)C)C(C)C. The van der Waals surface area contributed by atoms with Crippen molar-refractivity contribution in [1.29, 1.82) is 0 Å². The lowest BCUT2D eigenvalue weighted by Crippen LogP contribution is -2.43. The Morgan fingerprint density at radius 3 is 2.24 bits per heavy atom. The fourth-order valence-corrected chi connectivity index (χ4v) is 10.0. The van der Waals surface area contributed by atoms with Crippen LogP contribution < -0.4 is 0 Å². The molecule has 0 saturated carbocycles. The number of pyridine rings is 1. The summed E-state index contributed by atoms with van der Waals surface area (Å²) in [5.74, 6) is 3.48. The highest BCUT2D eigenvalue weighted by molar-refractivity contribution is 6.90. The monoisotopic (exact) mass is 376 g/mol. The van der Waals surface area contributed by atoms with Gasteiger partial charge in [0.25, 0.3) is 0 Å². The van der Waals surface area contributed by atoms with E-state index in [-0.39, 0.29) is 0 Å². The molecule has 0 aromatic carbocycles.